The van der Waals surface area contributed by atoms with E-state index in [0.29, 0.717) is 32.6 Å². The summed E-state index contributed by atoms with van der Waals surface area (Å²) >= 11 is 0. The molecular weight excluding hydrogens is 421 g/mol. The Labute approximate surface area is 194 Å². The molecule has 7 nitrogen and oxygen atoms in total. The van der Waals surface area contributed by atoms with Crippen molar-refractivity contribution in [3.05, 3.63) is 60.2 Å². The van der Waals surface area contributed by atoms with Crippen LogP contribution in [0.1, 0.15) is 37.7 Å². The van der Waals surface area contributed by atoms with Gasteiger partial charge < -0.3 is 15.5 Å². The summed E-state index contributed by atoms with van der Waals surface area (Å²) in [6.07, 6.45) is 8.37. The molecule has 3 amide bonds. The number of carbonyl (C=O) groups is 2. The molecule has 0 aliphatic carbocycles. The van der Waals surface area contributed by atoms with Gasteiger partial charge in [-0.25, -0.2) is 9.18 Å². The molecule has 0 saturated carbocycles. The van der Waals surface area contributed by atoms with Crippen LogP contribution in [0.4, 0.5) is 14.9 Å². The van der Waals surface area contributed by atoms with Gasteiger partial charge in [-0.3, -0.25) is 14.7 Å². The van der Waals surface area contributed by atoms with Gasteiger partial charge in [0.1, 0.15) is 5.82 Å². The van der Waals surface area contributed by atoms with Gasteiger partial charge in [0.15, 0.2) is 0 Å². The number of piperidine rings is 1. The molecule has 2 atom stereocenters. The fraction of sp³-hybridized carbons (Fsp3) is 0.480. The Bertz CT molecular complexity index is 941. The number of anilines is 1. The number of para-hydroxylation sites is 1. The zero-order chi connectivity index (χ0) is 23.0. The van der Waals surface area contributed by atoms with Crippen LogP contribution in [0.2, 0.25) is 0 Å². The number of hydrogen-bond donors (Lipinski definition) is 2. The third kappa shape index (κ3) is 6.07. The van der Waals surface area contributed by atoms with Crippen molar-refractivity contribution in [1.29, 1.82) is 0 Å². The normalized spacial score (nSPS) is 22.6. The van der Waals surface area contributed by atoms with Gasteiger partial charge >= 0.3 is 6.03 Å². The van der Waals surface area contributed by atoms with Crippen molar-refractivity contribution in [2.75, 3.05) is 31.5 Å². The van der Waals surface area contributed by atoms with E-state index in [9.17, 15) is 14.0 Å². The highest BCUT2D eigenvalue weighted by molar-refractivity contribution is 5.90. The summed E-state index contributed by atoms with van der Waals surface area (Å²) in [4.78, 5) is 34.2. The Kier molecular flexibility index (Phi) is 7.88. The monoisotopic (exact) mass is 453 g/mol. The number of carbonyl (C=O) groups excluding carboxylic acids is 2. The third-order valence-electron chi connectivity index (χ3n) is 6.60. The van der Waals surface area contributed by atoms with E-state index in [0.717, 1.165) is 37.8 Å². The molecule has 3 heterocycles. The Morgan fingerprint density at radius 1 is 1.09 bits per heavy atom. The maximum atomic E-state index is 14.1. The lowest BCUT2D eigenvalue weighted by atomic mass is 9.89. The van der Waals surface area contributed by atoms with Crippen LogP contribution in [0.3, 0.4) is 0 Å². The standard InChI is InChI=1S/C25H32FN5O2/c26-21-7-3-4-8-22(21)29-25(33)31-16-11-20-23(18-31)30(17-19-9-13-27-14-10-19)15-6-2-1-5-12-28-24(20)32/h3-4,7-10,13-14,20,23H,1-2,5-6,11-12,15-18H2,(H,28,32)(H,29,33). The smallest absolute Gasteiger partial charge is 0.321 e. The number of pyridine rings is 1. The molecule has 2 fully saturated rings. The molecule has 2 aliphatic rings. The Morgan fingerprint density at radius 2 is 1.88 bits per heavy atom. The maximum absolute atomic E-state index is 14.1. The summed E-state index contributed by atoms with van der Waals surface area (Å²) in [5, 5.41) is 5.81. The fourth-order valence-corrected chi connectivity index (χ4v) is 4.77. The van der Waals surface area contributed by atoms with Crippen LogP contribution >= 0.6 is 0 Å². The number of halogens is 1. The van der Waals surface area contributed by atoms with Gasteiger partial charge in [0.25, 0.3) is 0 Å². The zero-order valence-electron chi connectivity index (χ0n) is 18.9. The minimum Gasteiger partial charge on any atom is -0.356 e. The summed E-state index contributed by atoms with van der Waals surface area (Å²) in [6, 6.07) is 9.69. The lowest BCUT2D eigenvalue weighted by Gasteiger charge is -2.43. The highest BCUT2D eigenvalue weighted by Gasteiger charge is 2.39. The minimum absolute atomic E-state index is 0.0655. The quantitative estimate of drug-likeness (QED) is 0.744. The largest absolute Gasteiger partial charge is 0.356 e. The highest BCUT2D eigenvalue weighted by Crippen LogP contribution is 2.26. The van der Waals surface area contributed by atoms with Crippen LogP contribution in [0.15, 0.2) is 48.8 Å². The van der Waals surface area contributed by atoms with Gasteiger partial charge in [-0.05, 0) is 55.6 Å². The van der Waals surface area contributed by atoms with Gasteiger partial charge in [-0.15, -0.1) is 0 Å². The predicted molar refractivity (Wildman–Crippen MR) is 125 cm³/mol. The highest BCUT2D eigenvalue weighted by atomic mass is 19.1. The number of rotatable bonds is 3. The minimum atomic E-state index is -0.464. The molecule has 2 unspecified atom stereocenters. The molecule has 2 N–H and O–H groups in total. The average molecular weight is 454 g/mol. The van der Waals surface area contributed by atoms with E-state index in [-0.39, 0.29) is 29.6 Å². The number of likely N-dealkylation sites (tertiary alicyclic amines) is 1. The van der Waals surface area contributed by atoms with E-state index in [1.54, 1.807) is 35.5 Å². The van der Waals surface area contributed by atoms with E-state index >= 15 is 0 Å². The molecule has 2 aromatic rings. The average Bonchev–Trinajstić information content (AvgIpc) is 2.87. The number of urea groups is 1. The first kappa shape index (κ1) is 23.2. The number of amides is 3. The molecule has 1 aromatic heterocycles. The number of fused-ring (bicyclic) bond motifs is 1. The van der Waals surface area contributed by atoms with E-state index in [2.05, 4.69) is 20.5 Å². The molecule has 2 saturated heterocycles. The third-order valence-corrected chi connectivity index (χ3v) is 6.60. The molecule has 0 spiro atoms. The van der Waals surface area contributed by atoms with Crippen LogP contribution in [-0.4, -0.2) is 58.9 Å². The molecule has 0 bridgehead atoms. The van der Waals surface area contributed by atoms with Crippen LogP contribution in [-0.2, 0) is 11.3 Å². The summed E-state index contributed by atoms with van der Waals surface area (Å²) in [5.74, 6) is -0.590. The van der Waals surface area contributed by atoms with Gasteiger partial charge in [0.05, 0.1) is 11.6 Å². The molecule has 1 aromatic carbocycles. The van der Waals surface area contributed by atoms with Crippen molar-refractivity contribution in [2.24, 2.45) is 5.92 Å². The van der Waals surface area contributed by atoms with Crippen LogP contribution in [0.5, 0.6) is 0 Å². The van der Waals surface area contributed by atoms with Crippen molar-refractivity contribution in [3.8, 4) is 0 Å². The number of hydrogen-bond acceptors (Lipinski definition) is 4. The molecule has 4 rings (SSSR count). The molecule has 33 heavy (non-hydrogen) atoms. The van der Waals surface area contributed by atoms with Crippen molar-refractivity contribution >= 4 is 17.6 Å². The zero-order valence-corrected chi connectivity index (χ0v) is 18.9. The topological polar surface area (TPSA) is 77.6 Å². The first-order valence-corrected chi connectivity index (χ1v) is 11.8. The molecule has 176 valence electrons. The van der Waals surface area contributed by atoms with Crippen molar-refractivity contribution < 1.29 is 14.0 Å². The van der Waals surface area contributed by atoms with Crippen LogP contribution in [0, 0.1) is 11.7 Å². The van der Waals surface area contributed by atoms with Crippen LogP contribution < -0.4 is 10.6 Å². The Hall–Kier alpha value is -3.00. The molecule has 0 radical (unpaired) electrons. The second-order valence-corrected chi connectivity index (χ2v) is 8.85. The Balaban J connectivity index is 1.55. The van der Waals surface area contributed by atoms with Gasteiger partial charge in [0.2, 0.25) is 5.91 Å². The lowest BCUT2D eigenvalue weighted by molar-refractivity contribution is -0.129. The second kappa shape index (κ2) is 11.2. The SMILES string of the molecule is O=C1NCCCCCCN(Cc2ccncc2)C2CN(C(=O)Nc3ccccc3F)CCC12. The van der Waals surface area contributed by atoms with E-state index in [4.69, 9.17) is 0 Å². The van der Waals surface area contributed by atoms with Crippen molar-refractivity contribution in [2.45, 2.75) is 44.7 Å². The Morgan fingerprint density at radius 3 is 2.70 bits per heavy atom. The van der Waals surface area contributed by atoms with E-state index in [1.807, 2.05) is 12.1 Å². The van der Waals surface area contributed by atoms with Gasteiger partial charge in [0, 0.05) is 44.6 Å². The van der Waals surface area contributed by atoms with E-state index in [1.165, 1.54) is 6.07 Å². The molecule has 8 heteroatoms. The van der Waals surface area contributed by atoms with Gasteiger partial charge in [-0.1, -0.05) is 25.0 Å². The summed E-state index contributed by atoms with van der Waals surface area (Å²) in [6.45, 7) is 3.13. The summed E-state index contributed by atoms with van der Waals surface area (Å²) < 4.78 is 14.1. The first-order chi connectivity index (χ1) is 16.1. The van der Waals surface area contributed by atoms with Crippen molar-refractivity contribution in [1.82, 2.24) is 20.1 Å². The lowest BCUT2D eigenvalue weighted by Crippen LogP contribution is -2.58. The molecule has 2 aliphatic heterocycles. The number of aromatic nitrogens is 1. The maximum Gasteiger partial charge on any atom is 0.321 e. The van der Waals surface area contributed by atoms with Gasteiger partial charge in [-0.2, -0.15) is 0 Å². The number of nitrogens with zero attached hydrogens (tertiary/aromatic N) is 3. The predicted octanol–water partition coefficient (Wildman–Crippen LogP) is 3.64. The van der Waals surface area contributed by atoms with Crippen LogP contribution in [0.25, 0.3) is 0 Å². The van der Waals surface area contributed by atoms with Crippen molar-refractivity contribution in [3.63, 3.8) is 0 Å². The fourth-order valence-electron chi connectivity index (χ4n) is 4.77. The second-order valence-electron chi connectivity index (χ2n) is 8.85. The first-order valence-electron chi connectivity index (χ1n) is 11.8. The van der Waals surface area contributed by atoms with E-state index < -0.39 is 5.82 Å². The number of nitrogens with one attached hydrogen (secondary N) is 2. The summed E-state index contributed by atoms with van der Waals surface area (Å²) in [7, 11) is 0. The molecular formula is C25H32FN5O2. The summed E-state index contributed by atoms with van der Waals surface area (Å²) in [5.41, 5.74) is 1.30. The number of benzene rings is 1.